The van der Waals surface area contributed by atoms with Crippen molar-refractivity contribution in [1.82, 2.24) is 14.1 Å². The van der Waals surface area contributed by atoms with Crippen LogP contribution in [0, 0.1) is 29.2 Å². The summed E-state index contributed by atoms with van der Waals surface area (Å²) in [4.78, 5) is 8.24. The summed E-state index contributed by atoms with van der Waals surface area (Å²) < 4.78 is 4.56. The van der Waals surface area contributed by atoms with Crippen molar-refractivity contribution in [3.8, 4) is 56.9 Å². The smallest absolute Gasteiger partial charge is 0.187 e. The van der Waals surface area contributed by atoms with Crippen LogP contribution in [0.3, 0.4) is 0 Å². The van der Waals surface area contributed by atoms with Gasteiger partial charge in [-0.3, -0.25) is 4.98 Å². The van der Waals surface area contributed by atoms with Crippen LogP contribution in [-0.2, 0) is 0 Å². The lowest BCUT2D eigenvalue weighted by Crippen LogP contribution is -2.02. The highest BCUT2D eigenvalue weighted by atomic mass is 15.0. The molecule has 10 rings (SSSR count). The minimum Gasteiger partial charge on any atom is -0.309 e. The van der Waals surface area contributed by atoms with E-state index in [1.807, 2.05) is 73.1 Å². The Morgan fingerprint density at radius 3 is 1.55 bits per heavy atom. The van der Waals surface area contributed by atoms with Gasteiger partial charge in [0, 0.05) is 38.9 Å². The number of aromatic nitrogens is 3. The number of hydrogen-bond donors (Lipinski definition) is 0. The quantitative estimate of drug-likeness (QED) is 0.167. The van der Waals surface area contributed by atoms with Gasteiger partial charge in [0.05, 0.1) is 69.5 Å². The van der Waals surface area contributed by atoms with Crippen LogP contribution in [0.25, 0.3) is 93.2 Å². The maximum absolute atomic E-state index is 10.2. The van der Waals surface area contributed by atoms with Crippen molar-refractivity contribution < 1.29 is 0 Å². The van der Waals surface area contributed by atoms with Gasteiger partial charge in [0.2, 0.25) is 0 Å². The van der Waals surface area contributed by atoms with Crippen LogP contribution in [0.1, 0.15) is 11.1 Å². The van der Waals surface area contributed by atoms with E-state index >= 15 is 0 Å². The highest BCUT2D eigenvalue weighted by molar-refractivity contribution is 6.12. The summed E-state index contributed by atoms with van der Waals surface area (Å²) in [6, 6.07) is 57.8. The van der Waals surface area contributed by atoms with Crippen LogP contribution < -0.4 is 0 Å². The fourth-order valence-corrected chi connectivity index (χ4v) is 8.10. The molecule has 0 N–H and O–H groups in total. The van der Waals surface area contributed by atoms with Crippen molar-refractivity contribution >= 4 is 49.3 Å². The lowest BCUT2D eigenvalue weighted by Gasteiger charge is -2.18. The molecule has 10 aromatic rings. The molecule has 3 aromatic heterocycles. The number of para-hydroxylation sites is 2. The molecule has 0 aliphatic heterocycles. The van der Waals surface area contributed by atoms with Gasteiger partial charge < -0.3 is 9.13 Å². The molecule has 0 radical (unpaired) electrons. The van der Waals surface area contributed by atoms with Crippen molar-refractivity contribution in [1.29, 1.82) is 10.5 Å². The summed E-state index contributed by atoms with van der Waals surface area (Å²) in [5.74, 6) is 0. The maximum Gasteiger partial charge on any atom is 0.187 e. The number of nitriles is 2. The van der Waals surface area contributed by atoms with E-state index in [4.69, 9.17) is 6.57 Å². The van der Waals surface area contributed by atoms with Gasteiger partial charge in [0.15, 0.2) is 5.69 Å². The predicted octanol–water partition coefficient (Wildman–Crippen LogP) is 12.6. The third kappa shape index (κ3) is 5.12. The van der Waals surface area contributed by atoms with Gasteiger partial charge in [-0.1, -0.05) is 91.0 Å². The average molecular weight is 713 g/mol. The second-order valence-electron chi connectivity index (χ2n) is 13.8. The molecule has 0 spiro atoms. The fraction of sp³-hybridized carbons (Fsp3) is 0. The van der Waals surface area contributed by atoms with Crippen LogP contribution in [0.2, 0.25) is 0 Å². The average Bonchev–Trinajstić information content (AvgIpc) is 3.78. The zero-order valence-electron chi connectivity index (χ0n) is 29.8. The van der Waals surface area contributed by atoms with E-state index in [0.717, 1.165) is 88.4 Å². The van der Waals surface area contributed by atoms with E-state index < -0.39 is 0 Å². The largest absolute Gasteiger partial charge is 0.309 e. The van der Waals surface area contributed by atoms with Gasteiger partial charge in [0.1, 0.15) is 0 Å². The summed E-state index contributed by atoms with van der Waals surface area (Å²) in [7, 11) is 0. The molecule has 6 heteroatoms. The van der Waals surface area contributed by atoms with Crippen LogP contribution in [-0.4, -0.2) is 14.1 Å². The third-order valence-electron chi connectivity index (χ3n) is 10.7. The molecule has 0 saturated heterocycles. The lowest BCUT2D eigenvalue weighted by atomic mass is 10.00. The zero-order chi connectivity index (χ0) is 37.8. The molecule has 0 fully saturated rings. The SMILES string of the molecule is [C-]#[N+]c1ccc(-c2ccc3c(c2)c2ccccc2n3-c2cc(C#N)ccc2-c2ccncc2-n2c3ccccc3c3cc(-c4ccc(C#N)cc4)ccc32)cc1. The molecule has 7 aromatic carbocycles. The standard InChI is InChI=1S/C50H28N6/c1-53-38-19-15-35(16-20-38)37-17-22-47-43(28-37)39-6-2-4-8-45(39)55(47)49-26-33(30-52)12-21-41(49)42-24-25-54-31-50(42)56-46-9-5-3-7-40(46)44-27-36(18-23-48(44)56)34-13-10-32(29-51)11-14-34/h2-28,31H. The van der Waals surface area contributed by atoms with Gasteiger partial charge in [0.25, 0.3) is 0 Å². The van der Waals surface area contributed by atoms with Gasteiger partial charge in [-0.15, -0.1) is 0 Å². The summed E-state index contributed by atoms with van der Waals surface area (Å²) in [6.45, 7) is 7.37. The molecule has 0 amide bonds. The topological polar surface area (TPSA) is 74.7 Å². The second-order valence-corrected chi connectivity index (χ2v) is 13.8. The minimum atomic E-state index is 0.564. The fourth-order valence-electron chi connectivity index (χ4n) is 8.10. The Labute approximate surface area is 322 Å². The van der Waals surface area contributed by atoms with Crippen molar-refractivity contribution in [3.63, 3.8) is 0 Å². The number of pyridine rings is 1. The van der Waals surface area contributed by atoms with Crippen molar-refractivity contribution in [2.24, 2.45) is 0 Å². The molecule has 0 aliphatic carbocycles. The third-order valence-corrected chi connectivity index (χ3v) is 10.7. The van der Waals surface area contributed by atoms with E-state index in [0.29, 0.717) is 16.8 Å². The van der Waals surface area contributed by atoms with Crippen LogP contribution in [0.4, 0.5) is 5.69 Å². The van der Waals surface area contributed by atoms with E-state index in [2.05, 4.69) is 128 Å². The first-order valence-electron chi connectivity index (χ1n) is 18.2. The summed E-state index contributed by atoms with van der Waals surface area (Å²) in [5, 5.41) is 24.0. The molecule has 6 nitrogen and oxygen atoms in total. The first-order chi connectivity index (χ1) is 27.6. The molecule has 258 valence electrons. The maximum atomic E-state index is 10.2. The normalized spacial score (nSPS) is 11.2. The van der Waals surface area contributed by atoms with Crippen molar-refractivity contribution in [2.75, 3.05) is 0 Å². The molecular formula is C50H28N6. The Morgan fingerprint density at radius 2 is 0.964 bits per heavy atom. The van der Waals surface area contributed by atoms with E-state index in [-0.39, 0.29) is 0 Å². The number of fused-ring (bicyclic) bond motifs is 6. The first-order valence-corrected chi connectivity index (χ1v) is 18.2. The van der Waals surface area contributed by atoms with E-state index in [1.54, 1.807) is 0 Å². The van der Waals surface area contributed by atoms with Gasteiger partial charge in [-0.05, 0) is 89.0 Å². The Hall–Kier alpha value is -8.24. The minimum absolute atomic E-state index is 0.564. The first kappa shape index (κ1) is 32.4. The zero-order valence-corrected chi connectivity index (χ0v) is 29.8. The van der Waals surface area contributed by atoms with Crippen LogP contribution in [0.15, 0.2) is 170 Å². The number of hydrogen-bond acceptors (Lipinski definition) is 3. The highest BCUT2D eigenvalue weighted by Gasteiger charge is 2.21. The summed E-state index contributed by atoms with van der Waals surface area (Å²) in [5.41, 5.74) is 13.9. The molecule has 0 saturated carbocycles. The van der Waals surface area contributed by atoms with E-state index in [9.17, 15) is 10.5 Å². The molecule has 0 unspecified atom stereocenters. The number of benzene rings is 7. The molecular weight excluding hydrogens is 685 g/mol. The predicted molar refractivity (Wildman–Crippen MR) is 225 cm³/mol. The molecule has 0 bridgehead atoms. The summed E-state index contributed by atoms with van der Waals surface area (Å²) >= 11 is 0. The second kappa shape index (κ2) is 13.0. The molecule has 56 heavy (non-hydrogen) atoms. The molecule has 0 atom stereocenters. The Morgan fingerprint density at radius 1 is 0.464 bits per heavy atom. The monoisotopic (exact) mass is 712 g/mol. The Kier molecular flexibility index (Phi) is 7.53. The highest BCUT2D eigenvalue weighted by Crippen LogP contribution is 2.42. The number of nitrogens with zero attached hydrogens (tertiary/aromatic N) is 6. The molecule has 3 heterocycles. The Bertz CT molecular complexity index is 3330. The van der Waals surface area contributed by atoms with Gasteiger partial charge in [-0.25, -0.2) is 4.85 Å². The van der Waals surface area contributed by atoms with Gasteiger partial charge >= 0.3 is 0 Å². The lowest BCUT2D eigenvalue weighted by molar-refractivity contribution is 1.13. The Balaban J connectivity index is 1.20. The van der Waals surface area contributed by atoms with Gasteiger partial charge in [-0.2, -0.15) is 10.5 Å². The summed E-state index contributed by atoms with van der Waals surface area (Å²) in [6.07, 6.45) is 3.75. The van der Waals surface area contributed by atoms with Crippen LogP contribution >= 0.6 is 0 Å². The van der Waals surface area contributed by atoms with Crippen LogP contribution in [0.5, 0.6) is 0 Å². The van der Waals surface area contributed by atoms with Crippen molar-refractivity contribution in [3.05, 3.63) is 193 Å². The number of rotatable bonds is 5. The van der Waals surface area contributed by atoms with E-state index in [1.165, 1.54) is 0 Å². The van der Waals surface area contributed by atoms with Crippen molar-refractivity contribution in [2.45, 2.75) is 0 Å². The molecule has 0 aliphatic rings.